The summed E-state index contributed by atoms with van der Waals surface area (Å²) in [5, 5.41) is 120. The lowest BCUT2D eigenvalue weighted by molar-refractivity contribution is -0.379. The van der Waals surface area contributed by atoms with E-state index in [0.29, 0.717) is 12.8 Å². The van der Waals surface area contributed by atoms with Crippen LogP contribution in [0.2, 0.25) is 0 Å². The van der Waals surface area contributed by atoms with E-state index in [1.165, 1.54) is 51.4 Å². The molecule has 502 valence electrons. The lowest BCUT2D eigenvalue weighted by atomic mass is 9.96. The van der Waals surface area contributed by atoms with Gasteiger partial charge in [-0.25, -0.2) is 0 Å². The SMILES string of the molecule is CC/C=C\C/C=C\C/C=C\C/C=C\C/C=C\C/C=C\C/C=C\CCCCCC(=O)NC(COC1OC(CO)C(OC2OC(CO)C(OC3OC(CO)C(O)C(O)C3O)C(O)C2O)C(O)C1O)C(O)/C=C/CC/C=C/CC/C=C/CCCCCCCCCC. The summed E-state index contributed by atoms with van der Waals surface area (Å²) in [6.07, 6.45) is 40.2. The number of nitrogens with one attached hydrogen (secondary N) is 1. The zero-order chi connectivity index (χ0) is 64.0. The fourth-order valence-electron chi connectivity index (χ4n) is 10.1. The predicted molar refractivity (Wildman–Crippen MR) is 341 cm³/mol. The summed E-state index contributed by atoms with van der Waals surface area (Å²) < 4.78 is 34.2. The zero-order valence-electron chi connectivity index (χ0n) is 52.6. The summed E-state index contributed by atoms with van der Waals surface area (Å²) in [4.78, 5) is 13.4. The normalized spacial score (nSPS) is 29.2. The quantitative estimate of drug-likeness (QED) is 0.0206. The maximum absolute atomic E-state index is 13.4. The van der Waals surface area contributed by atoms with Crippen molar-refractivity contribution >= 4 is 5.91 Å². The first-order valence-electron chi connectivity index (χ1n) is 32.8. The van der Waals surface area contributed by atoms with E-state index in [1.807, 2.05) is 6.08 Å². The molecule has 0 radical (unpaired) electrons. The van der Waals surface area contributed by atoms with Crippen LogP contribution < -0.4 is 5.32 Å². The van der Waals surface area contributed by atoms with Crippen molar-refractivity contribution in [2.24, 2.45) is 0 Å². The molecule has 0 aliphatic carbocycles. The Morgan fingerprint density at radius 2 is 0.795 bits per heavy atom. The van der Waals surface area contributed by atoms with Gasteiger partial charge in [-0.05, 0) is 103 Å². The molecule has 12 N–H and O–H groups in total. The lowest BCUT2D eigenvalue weighted by Crippen LogP contribution is -2.66. The minimum atomic E-state index is -1.99. The molecular weight excluding hydrogens is 1130 g/mol. The summed E-state index contributed by atoms with van der Waals surface area (Å²) in [5.74, 6) is -0.328. The van der Waals surface area contributed by atoms with E-state index < -0.39 is 131 Å². The van der Waals surface area contributed by atoms with Crippen molar-refractivity contribution in [3.05, 3.63) is 122 Å². The van der Waals surface area contributed by atoms with Gasteiger partial charge in [-0.3, -0.25) is 4.79 Å². The van der Waals surface area contributed by atoms with Gasteiger partial charge >= 0.3 is 0 Å². The van der Waals surface area contributed by atoms with Crippen LogP contribution in [0.3, 0.4) is 0 Å². The molecule has 3 saturated heterocycles. The number of aliphatic hydroxyl groups excluding tert-OH is 11. The van der Waals surface area contributed by atoms with Gasteiger partial charge in [-0.15, -0.1) is 0 Å². The number of hydrogen-bond acceptors (Lipinski definition) is 18. The average Bonchev–Trinajstić information content (AvgIpc) is 3.70. The Morgan fingerprint density at radius 3 is 1.27 bits per heavy atom. The van der Waals surface area contributed by atoms with Crippen molar-refractivity contribution < 1.29 is 89.4 Å². The molecule has 17 atom stereocenters. The van der Waals surface area contributed by atoms with E-state index >= 15 is 0 Å². The van der Waals surface area contributed by atoms with Crippen LogP contribution in [0.25, 0.3) is 0 Å². The van der Waals surface area contributed by atoms with E-state index in [0.717, 1.165) is 89.9 Å². The standard InChI is InChI=1S/C69H113NO18/c1-3-5-7-9-11-13-15-17-19-21-23-24-25-26-27-28-29-31-33-35-37-39-41-43-45-47-57(75)70-52(53(74)46-44-42-40-38-36-34-32-30-22-20-18-16-14-12-10-8-6-4-2)51-83-67-63(81)60(78)65(55(49-72)85-67)88-69-64(82)61(79)66(56(50-73)86-69)87-68-62(80)59(77)58(76)54(48-71)84-68/h5,7,11,13,17,19,22-24,26-27,29-31,35-38,44,46,52-56,58-69,71-74,76-82H,3-4,6,8-10,12,14-16,18,20-21,25,28,32-34,39-43,45,47-51H2,1-2H3,(H,70,75)/b7-5-,13-11-,19-17-,24-23-,27-26-,30-22+,31-29-,37-35-,38-36+,46-44+. The van der Waals surface area contributed by atoms with Crippen LogP contribution in [-0.2, 0) is 33.2 Å². The molecule has 19 heteroatoms. The number of ether oxygens (including phenoxy) is 6. The summed E-state index contributed by atoms with van der Waals surface area (Å²) in [6, 6.07) is -1.02. The average molecular weight is 1240 g/mol. The fourth-order valence-corrected chi connectivity index (χ4v) is 10.1. The van der Waals surface area contributed by atoms with Crippen molar-refractivity contribution in [3.8, 4) is 0 Å². The molecule has 3 aliphatic heterocycles. The fraction of sp³-hybridized carbons (Fsp3) is 0.696. The van der Waals surface area contributed by atoms with Crippen molar-refractivity contribution in [1.29, 1.82) is 0 Å². The first kappa shape index (κ1) is 78.4. The third-order valence-corrected chi connectivity index (χ3v) is 15.5. The van der Waals surface area contributed by atoms with Gasteiger partial charge < -0.3 is 89.9 Å². The Bertz CT molecular complexity index is 2070. The van der Waals surface area contributed by atoms with Crippen LogP contribution in [0.1, 0.15) is 174 Å². The molecule has 0 spiro atoms. The molecule has 3 rings (SSSR count). The number of hydrogen-bond donors (Lipinski definition) is 12. The molecule has 3 heterocycles. The van der Waals surface area contributed by atoms with Crippen molar-refractivity contribution in [3.63, 3.8) is 0 Å². The van der Waals surface area contributed by atoms with Gasteiger partial charge in [0, 0.05) is 6.42 Å². The summed E-state index contributed by atoms with van der Waals surface area (Å²) in [5.41, 5.74) is 0. The minimum Gasteiger partial charge on any atom is -0.394 e. The highest BCUT2D eigenvalue weighted by atomic mass is 16.8. The maximum atomic E-state index is 13.4. The number of carbonyl (C=O) groups is 1. The third-order valence-electron chi connectivity index (χ3n) is 15.5. The van der Waals surface area contributed by atoms with Gasteiger partial charge in [0.05, 0.1) is 38.6 Å². The van der Waals surface area contributed by atoms with Gasteiger partial charge in [-0.2, -0.15) is 0 Å². The molecule has 3 aliphatic rings. The Morgan fingerprint density at radius 1 is 0.420 bits per heavy atom. The van der Waals surface area contributed by atoms with E-state index in [4.69, 9.17) is 28.4 Å². The Kier molecular flexibility index (Phi) is 44.4. The first-order valence-corrected chi connectivity index (χ1v) is 32.8. The molecule has 0 saturated carbocycles. The van der Waals surface area contributed by atoms with Crippen LogP contribution in [0, 0.1) is 0 Å². The third kappa shape index (κ3) is 32.0. The minimum absolute atomic E-state index is 0.183. The molecule has 0 aromatic heterocycles. The molecule has 0 aromatic carbocycles. The molecule has 1 amide bonds. The maximum Gasteiger partial charge on any atom is 0.220 e. The van der Waals surface area contributed by atoms with Gasteiger partial charge in [-0.1, -0.05) is 187 Å². The molecule has 0 bridgehead atoms. The first-order chi connectivity index (χ1) is 42.8. The number of rotatable bonds is 47. The number of amides is 1. The second-order valence-electron chi connectivity index (χ2n) is 22.8. The van der Waals surface area contributed by atoms with Gasteiger partial charge in [0.15, 0.2) is 18.9 Å². The van der Waals surface area contributed by atoms with Gasteiger partial charge in [0.2, 0.25) is 5.91 Å². The summed E-state index contributed by atoms with van der Waals surface area (Å²) in [6.45, 7) is 1.53. The van der Waals surface area contributed by atoms with Crippen LogP contribution in [0.15, 0.2) is 122 Å². The molecule has 19 nitrogen and oxygen atoms in total. The molecule has 0 aromatic rings. The lowest BCUT2D eigenvalue weighted by Gasteiger charge is -2.48. The van der Waals surface area contributed by atoms with Gasteiger partial charge in [0.1, 0.15) is 73.2 Å². The summed E-state index contributed by atoms with van der Waals surface area (Å²) in [7, 11) is 0. The molecule has 88 heavy (non-hydrogen) atoms. The molecule has 17 unspecified atom stereocenters. The Labute approximate surface area is 525 Å². The highest BCUT2D eigenvalue weighted by Crippen LogP contribution is 2.33. The largest absolute Gasteiger partial charge is 0.394 e. The Balaban J connectivity index is 1.50. The number of unbranched alkanes of at least 4 members (excludes halogenated alkanes) is 13. The Hall–Kier alpha value is -3.81. The number of carbonyl (C=O) groups excluding carboxylic acids is 1. The van der Waals surface area contributed by atoms with Crippen LogP contribution in [-0.4, -0.2) is 193 Å². The summed E-state index contributed by atoms with van der Waals surface area (Å²) >= 11 is 0. The van der Waals surface area contributed by atoms with E-state index in [-0.39, 0.29) is 12.3 Å². The number of aliphatic hydroxyl groups is 11. The topological polar surface area (TPSA) is 307 Å². The second-order valence-corrected chi connectivity index (χ2v) is 22.8. The van der Waals surface area contributed by atoms with Crippen molar-refractivity contribution in [1.82, 2.24) is 5.32 Å². The van der Waals surface area contributed by atoms with Crippen molar-refractivity contribution in [2.75, 3.05) is 26.4 Å². The van der Waals surface area contributed by atoms with E-state index in [1.54, 1.807) is 6.08 Å². The van der Waals surface area contributed by atoms with E-state index in [2.05, 4.69) is 129 Å². The smallest absolute Gasteiger partial charge is 0.220 e. The van der Waals surface area contributed by atoms with Crippen LogP contribution >= 0.6 is 0 Å². The van der Waals surface area contributed by atoms with Gasteiger partial charge in [0.25, 0.3) is 0 Å². The molecule has 3 fully saturated rings. The monoisotopic (exact) mass is 1240 g/mol. The van der Waals surface area contributed by atoms with E-state index in [9.17, 15) is 61.0 Å². The van der Waals surface area contributed by atoms with Crippen LogP contribution in [0.4, 0.5) is 0 Å². The highest BCUT2D eigenvalue weighted by molar-refractivity contribution is 5.76. The second kappa shape index (κ2) is 49.8. The van der Waals surface area contributed by atoms with Crippen molar-refractivity contribution in [2.45, 2.75) is 279 Å². The zero-order valence-corrected chi connectivity index (χ0v) is 52.6. The predicted octanol–water partition coefficient (Wildman–Crippen LogP) is 7.65. The highest BCUT2D eigenvalue weighted by Gasteiger charge is 2.53. The van der Waals surface area contributed by atoms with Crippen LogP contribution in [0.5, 0.6) is 0 Å². The molecular formula is C69H113NO18. The number of allylic oxidation sites excluding steroid dienone is 19.